The molecule has 0 atom stereocenters. The Balaban J connectivity index is 0.00000128. The van der Waals surface area contributed by atoms with Crippen LogP contribution in [-0.4, -0.2) is 16.4 Å². The highest BCUT2D eigenvalue weighted by molar-refractivity contribution is 5.97. The monoisotopic (exact) mass is 277 g/mol. The van der Waals surface area contributed by atoms with E-state index in [-0.39, 0.29) is 30.7 Å². The molecule has 1 fully saturated rings. The van der Waals surface area contributed by atoms with Gasteiger partial charge in [0.1, 0.15) is 5.82 Å². The van der Waals surface area contributed by atoms with E-state index in [0.717, 1.165) is 24.8 Å². The predicted molar refractivity (Wildman–Crippen MR) is 72.9 cm³/mol. The summed E-state index contributed by atoms with van der Waals surface area (Å²) in [5.74, 6) is 0.451. The Morgan fingerprint density at radius 2 is 2.06 bits per heavy atom. The Morgan fingerprint density at radius 3 is 2.47 bits per heavy atom. The first kappa shape index (κ1) is 16.2. The van der Waals surface area contributed by atoms with Crippen LogP contribution in [0.25, 0.3) is 0 Å². The fourth-order valence-electron chi connectivity index (χ4n) is 1.57. The Labute approximate surface area is 113 Å². The number of aryl methyl sites for hydroxylation is 1. The van der Waals surface area contributed by atoms with Gasteiger partial charge in [0.05, 0.1) is 5.54 Å². The molecular weight excluding hydrogens is 261 g/mol. The van der Waals surface area contributed by atoms with Crippen LogP contribution in [0.2, 0.25) is 0 Å². The standard InChI is InChI=1S/C11H15N3O.2ClH/c1-8-3-4-9(13-7-8)14-10(15)11(12)5-2-6-11;;/h3-4,7H,2,5-6,12H2,1H3,(H,13,14,15);2*1H. The average molecular weight is 278 g/mol. The molecule has 1 aliphatic carbocycles. The molecule has 17 heavy (non-hydrogen) atoms. The largest absolute Gasteiger partial charge is 0.317 e. The lowest BCUT2D eigenvalue weighted by atomic mass is 9.77. The minimum Gasteiger partial charge on any atom is -0.317 e. The van der Waals surface area contributed by atoms with E-state index >= 15 is 0 Å². The third-order valence-corrected chi connectivity index (χ3v) is 2.85. The van der Waals surface area contributed by atoms with Crippen molar-refractivity contribution in [1.82, 2.24) is 4.98 Å². The molecule has 0 saturated heterocycles. The van der Waals surface area contributed by atoms with Gasteiger partial charge in [-0.2, -0.15) is 0 Å². The van der Waals surface area contributed by atoms with Gasteiger partial charge in [-0.05, 0) is 37.8 Å². The maximum Gasteiger partial charge on any atom is 0.245 e. The molecular formula is C11H17Cl2N3O. The van der Waals surface area contributed by atoms with Crippen LogP contribution >= 0.6 is 24.8 Å². The molecule has 0 unspecified atom stereocenters. The second-order valence-electron chi connectivity index (χ2n) is 4.18. The molecule has 1 heterocycles. The number of amides is 1. The molecule has 0 bridgehead atoms. The van der Waals surface area contributed by atoms with Crippen molar-refractivity contribution in [2.24, 2.45) is 5.73 Å². The maximum absolute atomic E-state index is 11.7. The van der Waals surface area contributed by atoms with Crippen molar-refractivity contribution in [2.45, 2.75) is 31.7 Å². The van der Waals surface area contributed by atoms with Gasteiger partial charge in [-0.15, -0.1) is 24.8 Å². The lowest BCUT2D eigenvalue weighted by Crippen LogP contribution is -2.56. The van der Waals surface area contributed by atoms with Crippen molar-refractivity contribution < 1.29 is 4.79 Å². The number of halogens is 2. The van der Waals surface area contributed by atoms with Gasteiger partial charge in [0.25, 0.3) is 0 Å². The summed E-state index contributed by atoms with van der Waals surface area (Å²) in [4.78, 5) is 15.8. The van der Waals surface area contributed by atoms with Crippen molar-refractivity contribution in [1.29, 1.82) is 0 Å². The lowest BCUT2D eigenvalue weighted by molar-refractivity contribution is -0.123. The maximum atomic E-state index is 11.7. The number of hydrogen-bond donors (Lipinski definition) is 2. The highest BCUT2D eigenvalue weighted by Crippen LogP contribution is 2.29. The molecule has 1 saturated carbocycles. The van der Waals surface area contributed by atoms with Crippen molar-refractivity contribution >= 4 is 36.5 Å². The number of carbonyl (C=O) groups excluding carboxylic acids is 1. The predicted octanol–water partition coefficient (Wildman–Crippen LogP) is 2.05. The number of nitrogens with zero attached hydrogens (tertiary/aromatic N) is 1. The SMILES string of the molecule is Cc1ccc(NC(=O)C2(N)CCC2)nc1.Cl.Cl. The Hall–Kier alpha value is -0.840. The van der Waals surface area contributed by atoms with Crippen LogP contribution in [0.15, 0.2) is 18.3 Å². The molecule has 1 aliphatic rings. The van der Waals surface area contributed by atoms with Gasteiger partial charge in [-0.25, -0.2) is 4.98 Å². The van der Waals surface area contributed by atoms with Crippen LogP contribution in [0, 0.1) is 6.92 Å². The number of rotatable bonds is 2. The quantitative estimate of drug-likeness (QED) is 0.870. The van der Waals surface area contributed by atoms with Crippen molar-refractivity contribution in [3.05, 3.63) is 23.9 Å². The molecule has 1 amide bonds. The molecule has 3 N–H and O–H groups in total. The first-order valence-electron chi connectivity index (χ1n) is 5.13. The minimum absolute atomic E-state index is 0. The highest BCUT2D eigenvalue weighted by atomic mass is 35.5. The molecule has 1 aromatic rings. The van der Waals surface area contributed by atoms with Crippen LogP contribution in [0.4, 0.5) is 5.82 Å². The number of aromatic nitrogens is 1. The molecule has 0 radical (unpaired) electrons. The van der Waals surface area contributed by atoms with Gasteiger partial charge >= 0.3 is 0 Å². The van der Waals surface area contributed by atoms with Gasteiger partial charge in [0.15, 0.2) is 0 Å². The second-order valence-corrected chi connectivity index (χ2v) is 4.18. The van der Waals surface area contributed by atoms with Crippen molar-refractivity contribution in [2.75, 3.05) is 5.32 Å². The minimum atomic E-state index is -0.660. The number of carbonyl (C=O) groups is 1. The average Bonchev–Trinajstić information content (AvgIpc) is 2.18. The number of nitrogens with one attached hydrogen (secondary N) is 1. The molecule has 4 nitrogen and oxygen atoms in total. The third kappa shape index (κ3) is 3.56. The van der Waals surface area contributed by atoms with Gasteiger partial charge < -0.3 is 11.1 Å². The normalized spacial score (nSPS) is 15.9. The Bertz CT molecular complexity index is 377. The molecule has 2 rings (SSSR count). The van der Waals surface area contributed by atoms with Gasteiger partial charge in [0, 0.05) is 6.20 Å². The summed E-state index contributed by atoms with van der Waals surface area (Å²) in [5, 5.41) is 2.74. The van der Waals surface area contributed by atoms with E-state index in [9.17, 15) is 4.79 Å². The number of anilines is 1. The van der Waals surface area contributed by atoms with E-state index in [1.807, 2.05) is 13.0 Å². The zero-order chi connectivity index (χ0) is 10.9. The zero-order valence-corrected chi connectivity index (χ0v) is 11.2. The molecule has 0 spiro atoms. The van der Waals surface area contributed by atoms with Crippen LogP contribution in [0.3, 0.4) is 0 Å². The number of pyridine rings is 1. The Kier molecular flexibility index (Phi) is 5.88. The smallest absolute Gasteiger partial charge is 0.245 e. The van der Waals surface area contributed by atoms with E-state index in [4.69, 9.17) is 5.73 Å². The van der Waals surface area contributed by atoms with Crippen molar-refractivity contribution in [3.63, 3.8) is 0 Å². The molecule has 0 aromatic carbocycles. The fraction of sp³-hybridized carbons (Fsp3) is 0.455. The van der Waals surface area contributed by atoms with E-state index in [2.05, 4.69) is 10.3 Å². The van der Waals surface area contributed by atoms with E-state index in [1.54, 1.807) is 12.3 Å². The number of nitrogens with two attached hydrogens (primary N) is 1. The van der Waals surface area contributed by atoms with Gasteiger partial charge in [-0.1, -0.05) is 6.07 Å². The summed E-state index contributed by atoms with van der Waals surface area (Å²) in [6.45, 7) is 1.95. The molecule has 1 aromatic heterocycles. The molecule has 0 aliphatic heterocycles. The summed E-state index contributed by atoms with van der Waals surface area (Å²) < 4.78 is 0. The fourth-order valence-corrected chi connectivity index (χ4v) is 1.57. The first-order chi connectivity index (χ1) is 7.10. The van der Waals surface area contributed by atoms with Crippen molar-refractivity contribution in [3.8, 4) is 0 Å². The molecule has 96 valence electrons. The van der Waals surface area contributed by atoms with E-state index < -0.39 is 5.54 Å². The van der Waals surface area contributed by atoms with Gasteiger partial charge in [-0.3, -0.25) is 4.79 Å². The van der Waals surface area contributed by atoms with Gasteiger partial charge in [0.2, 0.25) is 5.91 Å². The van der Waals surface area contributed by atoms with Crippen LogP contribution < -0.4 is 11.1 Å². The van der Waals surface area contributed by atoms with Crippen LogP contribution in [0.1, 0.15) is 24.8 Å². The van der Waals surface area contributed by atoms with Crippen LogP contribution in [-0.2, 0) is 4.79 Å². The lowest BCUT2D eigenvalue weighted by Gasteiger charge is -2.35. The zero-order valence-electron chi connectivity index (χ0n) is 9.60. The summed E-state index contributed by atoms with van der Waals surface area (Å²) in [7, 11) is 0. The summed E-state index contributed by atoms with van der Waals surface area (Å²) in [5.41, 5.74) is 6.29. The number of hydrogen-bond acceptors (Lipinski definition) is 3. The highest BCUT2D eigenvalue weighted by Gasteiger charge is 2.40. The summed E-state index contributed by atoms with van der Waals surface area (Å²) in [6.07, 6.45) is 4.29. The van der Waals surface area contributed by atoms with E-state index in [0.29, 0.717) is 5.82 Å². The van der Waals surface area contributed by atoms with E-state index in [1.165, 1.54) is 0 Å². The topological polar surface area (TPSA) is 68.0 Å². The first-order valence-corrected chi connectivity index (χ1v) is 5.13. The molecule has 6 heteroatoms. The Morgan fingerprint density at radius 1 is 1.41 bits per heavy atom. The summed E-state index contributed by atoms with van der Waals surface area (Å²) >= 11 is 0. The third-order valence-electron chi connectivity index (χ3n) is 2.85. The second kappa shape index (κ2) is 6.19. The van der Waals surface area contributed by atoms with Crippen LogP contribution in [0.5, 0.6) is 0 Å². The summed E-state index contributed by atoms with van der Waals surface area (Å²) in [6, 6.07) is 3.70.